The molecule has 1 heteroatoms. The SMILES string of the molecule is C=CC[C@@H]1NCCC[C@@H](CC)CCC[C@H]1C. The molecule has 1 rings (SSSR count). The van der Waals surface area contributed by atoms with Crippen LogP contribution in [0.15, 0.2) is 12.7 Å². The van der Waals surface area contributed by atoms with Crippen LogP contribution in [0.2, 0.25) is 0 Å². The average molecular weight is 223 g/mol. The van der Waals surface area contributed by atoms with E-state index in [1.807, 2.05) is 0 Å². The van der Waals surface area contributed by atoms with E-state index in [9.17, 15) is 0 Å². The van der Waals surface area contributed by atoms with Crippen molar-refractivity contribution in [3.05, 3.63) is 12.7 Å². The van der Waals surface area contributed by atoms with Gasteiger partial charge in [-0.2, -0.15) is 0 Å². The van der Waals surface area contributed by atoms with E-state index in [2.05, 4.69) is 31.8 Å². The number of nitrogens with one attached hydrogen (secondary N) is 1. The van der Waals surface area contributed by atoms with Crippen molar-refractivity contribution in [1.29, 1.82) is 0 Å². The smallest absolute Gasteiger partial charge is 0.0127 e. The summed E-state index contributed by atoms with van der Waals surface area (Å²) in [5.41, 5.74) is 0. The number of hydrogen-bond acceptors (Lipinski definition) is 1. The Kier molecular flexibility index (Phi) is 6.79. The molecule has 0 unspecified atom stereocenters. The molecule has 1 fully saturated rings. The lowest BCUT2D eigenvalue weighted by molar-refractivity contribution is 0.302. The Morgan fingerprint density at radius 2 is 2.00 bits per heavy atom. The summed E-state index contributed by atoms with van der Waals surface area (Å²) >= 11 is 0. The van der Waals surface area contributed by atoms with E-state index in [0.717, 1.165) is 18.3 Å². The average Bonchev–Trinajstić information content (AvgIpc) is 2.30. The van der Waals surface area contributed by atoms with Crippen molar-refractivity contribution in [3.8, 4) is 0 Å². The molecule has 0 amide bonds. The van der Waals surface area contributed by atoms with Gasteiger partial charge in [-0.3, -0.25) is 0 Å². The first-order valence-electron chi connectivity index (χ1n) is 7.12. The molecule has 1 aliphatic rings. The minimum atomic E-state index is 0.663. The van der Waals surface area contributed by atoms with Crippen LogP contribution < -0.4 is 5.32 Å². The molecular formula is C15H29N. The largest absolute Gasteiger partial charge is 0.313 e. The fourth-order valence-corrected chi connectivity index (χ4v) is 2.86. The van der Waals surface area contributed by atoms with Crippen molar-refractivity contribution in [2.24, 2.45) is 11.8 Å². The van der Waals surface area contributed by atoms with Crippen LogP contribution in [0.4, 0.5) is 0 Å². The molecule has 1 aliphatic heterocycles. The summed E-state index contributed by atoms with van der Waals surface area (Å²) in [6.45, 7) is 9.80. The van der Waals surface area contributed by atoms with E-state index in [-0.39, 0.29) is 0 Å². The Hall–Kier alpha value is -0.300. The van der Waals surface area contributed by atoms with Gasteiger partial charge in [0.25, 0.3) is 0 Å². The highest BCUT2D eigenvalue weighted by atomic mass is 14.9. The van der Waals surface area contributed by atoms with Crippen molar-refractivity contribution in [2.45, 2.75) is 64.8 Å². The van der Waals surface area contributed by atoms with Gasteiger partial charge in [-0.15, -0.1) is 6.58 Å². The molecule has 1 heterocycles. The Bertz CT molecular complexity index is 188. The molecule has 0 radical (unpaired) electrons. The maximum atomic E-state index is 3.87. The van der Waals surface area contributed by atoms with Crippen LogP contribution in [-0.4, -0.2) is 12.6 Å². The third-order valence-electron chi connectivity index (χ3n) is 4.15. The summed E-state index contributed by atoms with van der Waals surface area (Å²) in [6.07, 6.45) is 11.5. The summed E-state index contributed by atoms with van der Waals surface area (Å²) < 4.78 is 0. The predicted molar refractivity (Wildman–Crippen MR) is 72.6 cm³/mol. The van der Waals surface area contributed by atoms with Gasteiger partial charge in [0, 0.05) is 6.04 Å². The Morgan fingerprint density at radius 3 is 2.69 bits per heavy atom. The van der Waals surface area contributed by atoms with Gasteiger partial charge in [0.1, 0.15) is 0 Å². The van der Waals surface area contributed by atoms with Crippen LogP contribution >= 0.6 is 0 Å². The zero-order valence-corrected chi connectivity index (χ0v) is 11.2. The Balaban J connectivity index is 2.42. The van der Waals surface area contributed by atoms with Gasteiger partial charge in [0.2, 0.25) is 0 Å². The second kappa shape index (κ2) is 7.89. The molecular weight excluding hydrogens is 194 g/mol. The molecule has 1 saturated heterocycles. The predicted octanol–water partition coefficient (Wildman–Crippen LogP) is 4.15. The van der Waals surface area contributed by atoms with Crippen molar-refractivity contribution in [3.63, 3.8) is 0 Å². The normalized spacial score (nSPS) is 33.2. The van der Waals surface area contributed by atoms with Gasteiger partial charge in [-0.25, -0.2) is 0 Å². The maximum absolute atomic E-state index is 3.87. The van der Waals surface area contributed by atoms with Crippen molar-refractivity contribution < 1.29 is 0 Å². The number of hydrogen-bond donors (Lipinski definition) is 1. The zero-order valence-electron chi connectivity index (χ0n) is 11.2. The van der Waals surface area contributed by atoms with Crippen LogP contribution in [0.5, 0.6) is 0 Å². The van der Waals surface area contributed by atoms with Crippen LogP contribution in [0.3, 0.4) is 0 Å². The molecule has 1 N–H and O–H groups in total. The fraction of sp³-hybridized carbons (Fsp3) is 0.867. The third-order valence-corrected chi connectivity index (χ3v) is 4.15. The van der Waals surface area contributed by atoms with Crippen molar-refractivity contribution >= 4 is 0 Å². The van der Waals surface area contributed by atoms with Crippen molar-refractivity contribution in [2.75, 3.05) is 6.54 Å². The molecule has 0 aromatic carbocycles. The standard InChI is InChI=1S/C15H29N/c1-4-8-15-13(3)9-6-10-14(5-2)11-7-12-16-15/h4,13-16H,1,5-12H2,2-3H3/t13-,14+,15+/m1/s1. The molecule has 0 spiro atoms. The lowest BCUT2D eigenvalue weighted by Crippen LogP contribution is -2.36. The molecule has 1 nitrogen and oxygen atoms in total. The monoisotopic (exact) mass is 223 g/mol. The first-order chi connectivity index (χ1) is 7.77. The van der Waals surface area contributed by atoms with Gasteiger partial charge in [0.15, 0.2) is 0 Å². The lowest BCUT2D eigenvalue weighted by atomic mass is 9.87. The second-order valence-corrected chi connectivity index (χ2v) is 5.41. The molecule has 0 aliphatic carbocycles. The van der Waals surface area contributed by atoms with Crippen LogP contribution in [0.1, 0.15) is 58.8 Å². The van der Waals surface area contributed by atoms with Crippen LogP contribution in [-0.2, 0) is 0 Å². The summed E-state index contributed by atoms with van der Waals surface area (Å²) in [4.78, 5) is 0. The fourth-order valence-electron chi connectivity index (χ4n) is 2.86. The summed E-state index contributed by atoms with van der Waals surface area (Å²) in [5, 5.41) is 3.71. The second-order valence-electron chi connectivity index (χ2n) is 5.41. The first kappa shape index (κ1) is 13.8. The van der Waals surface area contributed by atoms with Gasteiger partial charge < -0.3 is 5.32 Å². The molecule has 16 heavy (non-hydrogen) atoms. The summed E-state index contributed by atoms with van der Waals surface area (Å²) in [6, 6.07) is 0.663. The molecule has 0 bridgehead atoms. The summed E-state index contributed by atoms with van der Waals surface area (Å²) in [7, 11) is 0. The maximum Gasteiger partial charge on any atom is 0.0127 e. The van der Waals surface area contributed by atoms with Gasteiger partial charge in [-0.05, 0) is 44.1 Å². The van der Waals surface area contributed by atoms with E-state index >= 15 is 0 Å². The van der Waals surface area contributed by atoms with E-state index in [4.69, 9.17) is 0 Å². The molecule has 0 aromatic heterocycles. The topological polar surface area (TPSA) is 12.0 Å². The van der Waals surface area contributed by atoms with Crippen molar-refractivity contribution in [1.82, 2.24) is 5.32 Å². The van der Waals surface area contributed by atoms with E-state index in [1.54, 1.807) is 0 Å². The zero-order chi connectivity index (χ0) is 11.8. The summed E-state index contributed by atoms with van der Waals surface area (Å²) in [5.74, 6) is 1.78. The van der Waals surface area contributed by atoms with Gasteiger partial charge in [0.05, 0.1) is 0 Å². The Morgan fingerprint density at radius 1 is 1.25 bits per heavy atom. The minimum absolute atomic E-state index is 0.663. The molecule has 94 valence electrons. The number of rotatable bonds is 3. The highest BCUT2D eigenvalue weighted by molar-refractivity contribution is 4.82. The molecule has 0 saturated carbocycles. The first-order valence-corrected chi connectivity index (χ1v) is 7.12. The molecule has 0 aromatic rings. The quantitative estimate of drug-likeness (QED) is 0.709. The highest BCUT2D eigenvalue weighted by Gasteiger charge is 2.17. The third kappa shape index (κ3) is 4.69. The van der Waals surface area contributed by atoms with E-state index in [1.165, 1.54) is 45.1 Å². The Labute approximate surface area is 102 Å². The van der Waals surface area contributed by atoms with Gasteiger partial charge in [-0.1, -0.05) is 39.2 Å². The molecule has 3 atom stereocenters. The van der Waals surface area contributed by atoms with E-state index in [0.29, 0.717) is 6.04 Å². The minimum Gasteiger partial charge on any atom is -0.313 e. The van der Waals surface area contributed by atoms with E-state index < -0.39 is 0 Å². The van der Waals surface area contributed by atoms with Crippen LogP contribution in [0.25, 0.3) is 0 Å². The highest BCUT2D eigenvalue weighted by Crippen LogP contribution is 2.23. The lowest BCUT2D eigenvalue weighted by Gasteiger charge is -2.27. The van der Waals surface area contributed by atoms with Gasteiger partial charge >= 0.3 is 0 Å². The van der Waals surface area contributed by atoms with Crippen LogP contribution in [0, 0.1) is 11.8 Å².